The maximum absolute atomic E-state index is 5.88. The molecule has 0 aliphatic carbocycles. The molecule has 0 amide bonds. The normalized spacial score (nSPS) is 11.3. The van der Waals surface area contributed by atoms with Crippen molar-refractivity contribution < 1.29 is 9.47 Å². The van der Waals surface area contributed by atoms with E-state index >= 15 is 0 Å². The molecule has 0 radical (unpaired) electrons. The van der Waals surface area contributed by atoms with Crippen molar-refractivity contribution in [3.05, 3.63) is 64.8 Å². The van der Waals surface area contributed by atoms with E-state index in [9.17, 15) is 0 Å². The topological polar surface area (TPSA) is 70.7 Å². The number of aromatic nitrogens is 1. The van der Waals surface area contributed by atoms with Gasteiger partial charge in [0.05, 0.1) is 6.61 Å². The van der Waals surface area contributed by atoms with Crippen LogP contribution in [0.25, 0.3) is 10.9 Å². The third-order valence-corrected chi connectivity index (χ3v) is 5.13. The summed E-state index contributed by atoms with van der Waals surface area (Å²) < 4.78 is 11.0. The van der Waals surface area contributed by atoms with Gasteiger partial charge in [-0.2, -0.15) is 0 Å². The fraction of sp³-hybridized carbons (Fsp3) is 0.375. The number of benzene rings is 2. The highest BCUT2D eigenvalue weighted by molar-refractivity contribution is 14.0. The molecule has 168 valence electrons. The Labute approximate surface area is 201 Å². The molecule has 0 aliphatic heterocycles. The molecular formula is C24H33IN4O2. The third kappa shape index (κ3) is 6.87. The standard InChI is InChI=1S/C24H32N4O2.HI/c1-17-8-9-20(22(14-17)30-13-12-29-4)16-28-24(25-3)26-11-10-19-15-27-23-18(2)6-5-7-21(19)23;/h5-9,14-15,27H,10-13,16H2,1-4H3,(H2,25,26,28);1H. The highest BCUT2D eigenvalue weighted by Gasteiger charge is 2.08. The Balaban J connectivity index is 0.00000341. The molecule has 1 heterocycles. The lowest BCUT2D eigenvalue weighted by molar-refractivity contribution is 0.145. The average molecular weight is 536 g/mol. The summed E-state index contributed by atoms with van der Waals surface area (Å²) in [6.07, 6.45) is 3.02. The fourth-order valence-corrected chi connectivity index (χ4v) is 3.46. The van der Waals surface area contributed by atoms with Crippen LogP contribution in [0.3, 0.4) is 0 Å². The highest BCUT2D eigenvalue weighted by Crippen LogP contribution is 2.22. The summed E-state index contributed by atoms with van der Waals surface area (Å²) in [7, 11) is 3.46. The Morgan fingerprint density at radius 2 is 1.90 bits per heavy atom. The number of ether oxygens (including phenoxy) is 2. The zero-order valence-corrected chi connectivity index (χ0v) is 21.1. The number of nitrogens with zero attached hydrogens (tertiary/aromatic N) is 1. The molecule has 0 bridgehead atoms. The van der Waals surface area contributed by atoms with Gasteiger partial charge in [0.2, 0.25) is 0 Å². The van der Waals surface area contributed by atoms with Gasteiger partial charge >= 0.3 is 0 Å². The number of para-hydroxylation sites is 1. The number of nitrogens with one attached hydrogen (secondary N) is 3. The predicted molar refractivity (Wildman–Crippen MR) is 139 cm³/mol. The van der Waals surface area contributed by atoms with E-state index in [2.05, 4.69) is 77.1 Å². The second-order valence-electron chi connectivity index (χ2n) is 7.37. The van der Waals surface area contributed by atoms with Crippen LogP contribution >= 0.6 is 24.0 Å². The zero-order valence-electron chi connectivity index (χ0n) is 18.7. The molecule has 7 heteroatoms. The molecule has 6 nitrogen and oxygen atoms in total. The van der Waals surface area contributed by atoms with Gasteiger partial charge in [-0.15, -0.1) is 24.0 Å². The first kappa shape index (κ1) is 25.0. The molecule has 31 heavy (non-hydrogen) atoms. The monoisotopic (exact) mass is 536 g/mol. The highest BCUT2D eigenvalue weighted by atomic mass is 127. The molecule has 0 saturated carbocycles. The van der Waals surface area contributed by atoms with Crippen LogP contribution in [0.15, 0.2) is 47.6 Å². The fourth-order valence-electron chi connectivity index (χ4n) is 3.46. The molecule has 3 rings (SSSR count). The number of aryl methyl sites for hydroxylation is 2. The number of methoxy groups -OCH3 is 1. The van der Waals surface area contributed by atoms with Gasteiger partial charge in [-0.25, -0.2) is 0 Å². The van der Waals surface area contributed by atoms with Crippen molar-refractivity contribution in [2.24, 2.45) is 4.99 Å². The molecule has 0 spiro atoms. The first-order chi connectivity index (χ1) is 14.6. The van der Waals surface area contributed by atoms with Crippen LogP contribution in [-0.4, -0.2) is 44.9 Å². The Hall–Kier alpha value is -2.26. The first-order valence-electron chi connectivity index (χ1n) is 10.3. The number of hydrogen-bond donors (Lipinski definition) is 3. The van der Waals surface area contributed by atoms with E-state index in [1.165, 1.54) is 27.6 Å². The molecule has 0 fully saturated rings. The number of halogens is 1. The summed E-state index contributed by atoms with van der Waals surface area (Å²) in [6.45, 7) is 6.72. The van der Waals surface area contributed by atoms with Gasteiger partial charge < -0.3 is 25.1 Å². The minimum Gasteiger partial charge on any atom is -0.491 e. The maximum atomic E-state index is 5.88. The lowest BCUT2D eigenvalue weighted by Crippen LogP contribution is -2.37. The molecule has 0 aliphatic rings. The molecule has 0 unspecified atom stereocenters. The Kier molecular flexibility index (Phi) is 10.1. The Morgan fingerprint density at radius 1 is 1.06 bits per heavy atom. The maximum Gasteiger partial charge on any atom is 0.191 e. The summed E-state index contributed by atoms with van der Waals surface area (Å²) in [5.74, 6) is 1.65. The summed E-state index contributed by atoms with van der Waals surface area (Å²) >= 11 is 0. The number of guanidine groups is 1. The lowest BCUT2D eigenvalue weighted by atomic mass is 10.1. The molecular weight excluding hydrogens is 503 g/mol. The zero-order chi connectivity index (χ0) is 21.3. The van der Waals surface area contributed by atoms with E-state index in [-0.39, 0.29) is 24.0 Å². The van der Waals surface area contributed by atoms with Gasteiger partial charge in [0, 0.05) is 49.9 Å². The van der Waals surface area contributed by atoms with E-state index in [1.54, 1.807) is 14.2 Å². The third-order valence-electron chi connectivity index (χ3n) is 5.13. The van der Waals surface area contributed by atoms with E-state index in [4.69, 9.17) is 9.47 Å². The van der Waals surface area contributed by atoms with Crippen LogP contribution in [0.4, 0.5) is 0 Å². The molecule has 1 aromatic heterocycles. The van der Waals surface area contributed by atoms with Crippen LogP contribution in [-0.2, 0) is 17.7 Å². The van der Waals surface area contributed by atoms with Gasteiger partial charge in [0.25, 0.3) is 0 Å². The van der Waals surface area contributed by atoms with Crippen LogP contribution in [0.5, 0.6) is 5.75 Å². The van der Waals surface area contributed by atoms with Crippen molar-refractivity contribution in [1.82, 2.24) is 15.6 Å². The van der Waals surface area contributed by atoms with Gasteiger partial charge in [-0.1, -0.05) is 30.3 Å². The number of fused-ring (bicyclic) bond motifs is 1. The number of aromatic amines is 1. The minimum atomic E-state index is 0. The predicted octanol–water partition coefficient (Wildman–Crippen LogP) is 4.34. The van der Waals surface area contributed by atoms with Crippen LogP contribution < -0.4 is 15.4 Å². The molecule has 0 atom stereocenters. The lowest BCUT2D eigenvalue weighted by Gasteiger charge is -2.15. The summed E-state index contributed by atoms with van der Waals surface area (Å²) in [4.78, 5) is 7.74. The van der Waals surface area contributed by atoms with E-state index in [0.717, 1.165) is 30.2 Å². The molecule has 0 saturated heterocycles. The van der Waals surface area contributed by atoms with Gasteiger partial charge in [-0.3, -0.25) is 4.99 Å². The van der Waals surface area contributed by atoms with Crippen LogP contribution in [0.1, 0.15) is 22.3 Å². The Bertz CT molecular complexity index is 1000. The quantitative estimate of drug-likeness (QED) is 0.165. The number of aliphatic imine (C=N–C) groups is 1. The second-order valence-corrected chi connectivity index (χ2v) is 7.37. The molecule has 2 aromatic carbocycles. The van der Waals surface area contributed by atoms with Crippen molar-refractivity contribution >= 4 is 40.8 Å². The van der Waals surface area contributed by atoms with Crippen molar-refractivity contribution in [3.8, 4) is 5.75 Å². The molecule has 3 N–H and O–H groups in total. The molecule has 3 aromatic rings. The van der Waals surface area contributed by atoms with Crippen molar-refractivity contribution in [2.75, 3.05) is 33.9 Å². The largest absolute Gasteiger partial charge is 0.491 e. The van der Waals surface area contributed by atoms with Gasteiger partial charge in [-0.05, 0) is 43.0 Å². The van der Waals surface area contributed by atoms with Crippen molar-refractivity contribution in [3.63, 3.8) is 0 Å². The van der Waals surface area contributed by atoms with Crippen molar-refractivity contribution in [1.29, 1.82) is 0 Å². The van der Waals surface area contributed by atoms with Gasteiger partial charge in [0.1, 0.15) is 12.4 Å². The van der Waals surface area contributed by atoms with Crippen LogP contribution in [0, 0.1) is 13.8 Å². The SMILES string of the molecule is CN=C(NCCc1c[nH]c2c(C)cccc12)NCc1ccc(C)cc1OCCOC.I. The summed E-state index contributed by atoms with van der Waals surface area (Å²) in [5.41, 5.74) is 6.06. The smallest absolute Gasteiger partial charge is 0.191 e. The van der Waals surface area contributed by atoms with Crippen LogP contribution in [0.2, 0.25) is 0 Å². The summed E-state index contributed by atoms with van der Waals surface area (Å²) in [6, 6.07) is 12.6. The van der Waals surface area contributed by atoms with Gasteiger partial charge in [0.15, 0.2) is 5.96 Å². The number of rotatable bonds is 9. The van der Waals surface area contributed by atoms with E-state index in [0.29, 0.717) is 19.8 Å². The number of hydrogen-bond acceptors (Lipinski definition) is 3. The average Bonchev–Trinajstić information content (AvgIpc) is 3.16. The van der Waals surface area contributed by atoms with Crippen molar-refractivity contribution in [2.45, 2.75) is 26.8 Å². The number of H-pyrrole nitrogens is 1. The second kappa shape index (κ2) is 12.6. The van der Waals surface area contributed by atoms with E-state index in [1.807, 2.05) is 0 Å². The Morgan fingerprint density at radius 3 is 2.68 bits per heavy atom. The summed E-state index contributed by atoms with van der Waals surface area (Å²) in [5, 5.41) is 8.08. The minimum absolute atomic E-state index is 0. The first-order valence-corrected chi connectivity index (χ1v) is 10.3. The van der Waals surface area contributed by atoms with E-state index < -0.39 is 0 Å².